The van der Waals surface area contributed by atoms with Gasteiger partial charge in [-0.05, 0) is 47.5 Å². The predicted molar refractivity (Wildman–Crippen MR) is 97.8 cm³/mol. The number of piperidine rings is 1. The molecule has 0 radical (unpaired) electrons. The number of rotatable bonds is 6. The maximum absolute atomic E-state index is 12.5. The van der Waals surface area contributed by atoms with Crippen LogP contribution in [0.25, 0.3) is 5.69 Å². The number of hydrogen-bond acceptors (Lipinski definition) is 8. The summed E-state index contributed by atoms with van der Waals surface area (Å²) >= 11 is 1.28. The molecule has 1 saturated heterocycles. The predicted octanol–water partition coefficient (Wildman–Crippen LogP) is 1.17. The van der Waals surface area contributed by atoms with Crippen LogP contribution >= 0.6 is 11.8 Å². The molecule has 1 aliphatic heterocycles. The van der Waals surface area contributed by atoms with Crippen LogP contribution in [0.5, 0.6) is 5.75 Å². The number of methoxy groups -OCH3 is 2. The third-order valence-corrected chi connectivity index (χ3v) is 5.37. The first-order valence-corrected chi connectivity index (χ1v) is 9.52. The van der Waals surface area contributed by atoms with Gasteiger partial charge in [0.25, 0.3) is 0 Å². The summed E-state index contributed by atoms with van der Waals surface area (Å²) in [5, 5.41) is 12.2. The number of ether oxygens (including phenoxy) is 2. The highest BCUT2D eigenvalue weighted by atomic mass is 32.2. The molecule has 10 heteroatoms. The van der Waals surface area contributed by atoms with E-state index in [9.17, 15) is 9.59 Å². The summed E-state index contributed by atoms with van der Waals surface area (Å²) in [6.45, 7) is 1.12. The fraction of sp³-hybridized carbons (Fsp3) is 0.471. The molecule has 1 amide bonds. The Morgan fingerprint density at radius 2 is 1.89 bits per heavy atom. The zero-order valence-electron chi connectivity index (χ0n) is 15.2. The molecule has 0 unspecified atom stereocenters. The molecule has 9 nitrogen and oxygen atoms in total. The Balaban J connectivity index is 1.56. The number of carbonyl (C=O) groups excluding carboxylic acids is 2. The minimum Gasteiger partial charge on any atom is -0.497 e. The molecule has 0 atom stereocenters. The van der Waals surface area contributed by atoms with Crippen molar-refractivity contribution >= 4 is 23.6 Å². The highest BCUT2D eigenvalue weighted by molar-refractivity contribution is 7.99. The van der Waals surface area contributed by atoms with E-state index in [1.807, 2.05) is 24.3 Å². The number of carbonyl (C=O) groups is 2. The first kappa shape index (κ1) is 19.2. The van der Waals surface area contributed by atoms with Crippen molar-refractivity contribution in [2.45, 2.75) is 18.0 Å². The average molecular weight is 391 g/mol. The molecular weight excluding hydrogens is 370 g/mol. The number of benzene rings is 1. The minimum atomic E-state index is -0.199. The van der Waals surface area contributed by atoms with Crippen LogP contribution in [0.15, 0.2) is 29.4 Å². The standard InChI is InChI=1S/C17H21N5O4S/c1-25-14-5-3-13(4-6-14)22-17(18-19-20-22)27-11-15(23)21-9-7-12(8-10-21)16(24)26-2/h3-6,12H,7-11H2,1-2H3. The van der Waals surface area contributed by atoms with Crippen LogP contribution in [0.1, 0.15) is 12.8 Å². The Hall–Kier alpha value is -2.62. The number of thioether (sulfide) groups is 1. The highest BCUT2D eigenvalue weighted by Crippen LogP contribution is 2.23. The molecule has 1 aliphatic rings. The lowest BCUT2D eigenvalue weighted by Gasteiger charge is -2.30. The van der Waals surface area contributed by atoms with E-state index in [0.29, 0.717) is 31.1 Å². The molecule has 3 rings (SSSR count). The molecular formula is C17H21N5O4S. The van der Waals surface area contributed by atoms with Crippen LogP contribution in [0.2, 0.25) is 0 Å². The van der Waals surface area contributed by atoms with Crippen LogP contribution in [-0.2, 0) is 14.3 Å². The monoisotopic (exact) mass is 391 g/mol. The first-order chi connectivity index (χ1) is 13.1. The summed E-state index contributed by atoms with van der Waals surface area (Å²) in [5.41, 5.74) is 0.787. The quantitative estimate of drug-likeness (QED) is 0.535. The second-order valence-corrected chi connectivity index (χ2v) is 6.98. The minimum absolute atomic E-state index is 0.00703. The zero-order valence-corrected chi connectivity index (χ0v) is 16.0. The summed E-state index contributed by atoms with van der Waals surface area (Å²) in [6.07, 6.45) is 1.26. The Morgan fingerprint density at radius 1 is 1.19 bits per heavy atom. The molecule has 1 aromatic heterocycles. The van der Waals surface area contributed by atoms with Gasteiger partial charge in [0.1, 0.15) is 5.75 Å². The number of amides is 1. The van der Waals surface area contributed by atoms with E-state index in [1.54, 1.807) is 16.7 Å². The van der Waals surface area contributed by atoms with Gasteiger partial charge < -0.3 is 14.4 Å². The van der Waals surface area contributed by atoms with Crippen molar-refractivity contribution in [3.8, 4) is 11.4 Å². The van der Waals surface area contributed by atoms with Gasteiger partial charge in [0.05, 0.1) is 31.6 Å². The van der Waals surface area contributed by atoms with Crippen molar-refractivity contribution < 1.29 is 19.1 Å². The van der Waals surface area contributed by atoms with Crippen molar-refractivity contribution in [3.05, 3.63) is 24.3 Å². The number of nitrogens with zero attached hydrogens (tertiary/aromatic N) is 5. The van der Waals surface area contributed by atoms with Gasteiger partial charge in [0.15, 0.2) is 0 Å². The van der Waals surface area contributed by atoms with Gasteiger partial charge >= 0.3 is 5.97 Å². The number of hydrogen-bond donors (Lipinski definition) is 0. The molecule has 1 fully saturated rings. The maximum atomic E-state index is 12.5. The number of esters is 1. The van der Waals surface area contributed by atoms with E-state index in [1.165, 1.54) is 18.9 Å². The second kappa shape index (κ2) is 8.85. The van der Waals surface area contributed by atoms with Gasteiger partial charge in [-0.1, -0.05) is 11.8 Å². The Bertz CT molecular complexity index is 787. The van der Waals surface area contributed by atoms with Gasteiger partial charge in [0, 0.05) is 13.1 Å². The van der Waals surface area contributed by atoms with Crippen molar-refractivity contribution in [1.82, 2.24) is 25.1 Å². The molecule has 0 aliphatic carbocycles. The van der Waals surface area contributed by atoms with Crippen molar-refractivity contribution in [2.75, 3.05) is 33.1 Å². The largest absolute Gasteiger partial charge is 0.497 e. The summed E-state index contributed by atoms with van der Waals surface area (Å²) in [5.74, 6) is 0.669. The summed E-state index contributed by atoms with van der Waals surface area (Å²) < 4.78 is 11.5. The van der Waals surface area contributed by atoms with Gasteiger partial charge in [-0.15, -0.1) is 5.10 Å². The summed E-state index contributed by atoms with van der Waals surface area (Å²) in [6, 6.07) is 7.33. The fourth-order valence-electron chi connectivity index (χ4n) is 2.90. The van der Waals surface area contributed by atoms with Crippen LogP contribution in [-0.4, -0.2) is 70.0 Å². The third-order valence-electron chi connectivity index (χ3n) is 4.46. The van der Waals surface area contributed by atoms with E-state index >= 15 is 0 Å². The molecule has 1 aromatic carbocycles. The van der Waals surface area contributed by atoms with E-state index in [0.717, 1.165) is 11.4 Å². The number of aromatic nitrogens is 4. The fourth-order valence-corrected chi connectivity index (χ4v) is 3.70. The van der Waals surface area contributed by atoms with Crippen molar-refractivity contribution in [2.24, 2.45) is 5.92 Å². The molecule has 0 spiro atoms. The lowest BCUT2D eigenvalue weighted by Crippen LogP contribution is -2.41. The van der Waals surface area contributed by atoms with E-state index in [4.69, 9.17) is 9.47 Å². The smallest absolute Gasteiger partial charge is 0.308 e. The van der Waals surface area contributed by atoms with E-state index < -0.39 is 0 Å². The molecule has 0 saturated carbocycles. The van der Waals surface area contributed by atoms with Gasteiger partial charge in [-0.2, -0.15) is 4.68 Å². The highest BCUT2D eigenvalue weighted by Gasteiger charge is 2.28. The summed E-state index contributed by atoms with van der Waals surface area (Å²) in [4.78, 5) is 25.8. The molecule has 2 heterocycles. The van der Waals surface area contributed by atoms with E-state index in [-0.39, 0.29) is 23.5 Å². The zero-order chi connectivity index (χ0) is 19.2. The number of likely N-dealkylation sites (tertiary alicyclic amines) is 1. The SMILES string of the molecule is COC(=O)C1CCN(C(=O)CSc2nnnn2-c2ccc(OC)cc2)CC1. The van der Waals surface area contributed by atoms with Crippen LogP contribution < -0.4 is 4.74 Å². The lowest BCUT2D eigenvalue weighted by molar-refractivity contribution is -0.148. The topological polar surface area (TPSA) is 99.4 Å². The maximum Gasteiger partial charge on any atom is 0.308 e. The average Bonchev–Trinajstić information content (AvgIpc) is 3.20. The van der Waals surface area contributed by atoms with Crippen molar-refractivity contribution in [3.63, 3.8) is 0 Å². The number of tetrazole rings is 1. The Labute approximate surface area is 161 Å². The van der Waals surface area contributed by atoms with Crippen LogP contribution in [0, 0.1) is 5.92 Å². The molecule has 0 bridgehead atoms. The normalized spacial score (nSPS) is 14.8. The second-order valence-electron chi connectivity index (χ2n) is 6.04. The van der Waals surface area contributed by atoms with E-state index in [2.05, 4.69) is 15.5 Å². The van der Waals surface area contributed by atoms with Crippen molar-refractivity contribution in [1.29, 1.82) is 0 Å². The molecule has 144 valence electrons. The van der Waals surface area contributed by atoms with Gasteiger partial charge in [0.2, 0.25) is 11.1 Å². The molecule has 0 N–H and O–H groups in total. The summed E-state index contributed by atoms with van der Waals surface area (Å²) in [7, 11) is 3.00. The third kappa shape index (κ3) is 4.57. The first-order valence-electron chi connectivity index (χ1n) is 8.53. The van der Waals surface area contributed by atoms with Crippen LogP contribution in [0.3, 0.4) is 0 Å². The Morgan fingerprint density at radius 3 is 2.52 bits per heavy atom. The lowest BCUT2D eigenvalue weighted by atomic mass is 9.97. The molecule has 27 heavy (non-hydrogen) atoms. The van der Waals surface area contributed by atoms with Crippen LogP contribution in [0.4, 0.5) is 0 Å². The Kier molecular flexibility index (Phi) is 6.28. The van der Waals surface area contributed by atoms with Gasteiger partial charge in [-0.3, -0.25) is 9.59 Å². The molecule has 2 aromatic rings. The van der Waals surface area contributed by atoms with Gasteiger partial charge in [-0.25, -0.2) is 0 Å².